The Morgan fingerprint density at radius 3 is 2.82 bits per heavy atom. The lowest BCUT2D eigenvalue weighted by Crippen LogP contribution is -2.33. The summed E-state index contributed by atoms with van der Waals surface area (Å²) in [5.74, 6) is 0.660. The Morgan fingerprint density at radius 2 is 2.18 bits per heavy atom. The third-order valence-corrected chi connectivity index (χ3v) is 4.02. The smallest absolute Gasteiger partial charge is 0.269 e. The summed E-state index contributed by atoms with van der Waals surface area (Å²) in [6, 6.07) is 6.65. The Bertz CT molecular complexity index is 476. The minimum atomic E-state index is -0.417. The molecule has 0 spiro atoms. The molecule has 2 atom stereocenters. The third kappa shape index (κ3) is 4.96. The monoisotopic (exact) mass is 308 g/mol. The second-order valence-corrected chi connectivity index (χ2v) is 5.87. The van der Waals surface area contributed by atoms with Gasteiger partial charge in [0.1, 0.15) is 5.75 Å². The molecule has 1 fully saturated rings. The topological polar surface area (TPSA) is 75.8 Å². The van der Waals surface area contributed by atoms with E-state index >= 15 is 0 Å². The first-order chi connectivity index (χ1) is 10.6. The van der Waals surface area contributed by atoms with Crippen molar-refractivity contribution >= 4 is 5.69 Å². The van der Waals surface area contributed by atoms with E-state index in [9.17, 15) is 15.2 Å². The minimum absolute atomic E-state index is 0.0744. The van der Waals surface area contributed by atoms with Gasteiger partial charge in [-0.05, 0) is 51.3 Å². The highest BCUT2D eigenvalue weighted by atomic mass is 16.6. The molecule has 6 nitrogen and oxygen atoms in total. The summed E-state index contributed by atoms with van der Waals surface area (Å²) in [6.07, 6.45) is 3.85. The second kappa shape index (κ2) is 8.10. The molecule has 0 radical (unpaired) electrons. The zero-order valence-electron chi connectivity index (χ0n) is 13.0. The molecule has 1 aromatic carbocycles. The van der Waals surface area contributed by atoms with E-state index in [2.05, 4.69) is 4.90 Å². The van der Waals surface area contributed by atoms with Gasteiger partial charge in [0.05, 0.1) is 17.6 Å². The lowest BCUT2D eigenvalue weighted by Gasteiger charge is -2.25. The minimum Gasteiger partial charge on any atom is -0.494 e. The molecular weight excluding hydrogens is 284 g/mol. The van der Waals surface area contributed by atoms with Crippen LogP contribution in [0.15, 0.2) is 24.3 Å². The first kappa shape index (κ1) is 16.7. The van der Waals surface area contributed by atoms with E-state index in [0.717, 1.165) is 32.4 Å². The molecule has 0 amide bonds. The summed E-state index contributed by atoms with van der Waals surface area (Å²) >= 11 is 0. The number of aliphatic hydroxyl groups is 1. The van der Waals surface area contributed by atoms with Crippen LogP contribution in [-0.4, -0.2) is 46.8 Å². The van der Waals surface area contributed by atoms with Gasteiger partial charge in [0.2, 0.25) is 0 Å². The molecule has 2 rings (SSSR count). The van der Waals surface area contributed by atoms with Crippen LogP contribution >= 0.6 is 0 Å². The number of likely N-dealkylation sites (tertiary alicyclic amines) is 1. The van der Waals surface area contributed by atoms with Crippen molar-refractivity contribution < 1.29 is 14.8 Å². The number of hydrogen-bond donors (Lipinski definition) is 1. The Hall–Kier alpha value is -1.66. The van der Waals surface area contributed by atoms with E-state index in [1.807, 2.05) is 6.92 Å². The number of nitrogens with zero attached hydrogens (tertiary/aromatic N) is 2. The fraction of sp³-hybridized carbons (Fsp3) is 0.625. The highest BCUT2D eigenvalue weighted by Crippen LogP contribution is 2.22. The van der Waals surface area contributed by atoms with Crippen LogP contribution in [0.1, 0.15) is 32.6 Å². The Labute approximate surface area is 130 Å². The molecule has 1 heterocycles. The standard InChI is InChI=1S/C16H24N2O4/c1-13(19)12-15-4-2-9-17(15)10-3-11-22-16-7-5-14(6-8-16)18(20)21/h5-8,13,15,19H,2-4,9-12H2,1H3. The fourth-order valence-corrected chi connectivity index (χ4v) is 2.97. The van der Waals surface area contributed by atoms with Crippen molar-refractivity contribution in [2.45, 2.75) is 44.8 Å². The molecule has 1 saturated heterocycles. The van der Waals surface area contributed by atoms with Crippen LogP contribution in [0, 0.1) is 10.1 Å². The lowest BCUT2D eigenvalue weighted by molar-refractivity contribution is -0.384. The third-order valence-electron chi connectivity index (χ3n) is 4.02. The second-order valence-electron chi connectivity index (χ2n) is 5.87. The van der Waals surface area contributed by atoms with Crippen LogP contribution < -0.4 is 4.74 Å². The van der Waals surface area contributed by atoms with Crippen molar-refractivity contribution in [3.05, 3.63) is 34.4 Å². The molecule has 22 heavy (non-hydrogen) atoms. The van der Waals surface area contributed by atoms with Gasteiger partial charge in [-0.3, -0.25) is 10.1 Å². The number of non-ortho nitro benzene ring substituents is 1. The number of benzene rings is 1. The van der Waals surface area contributed by atoms with E-state index in [1.165, 1.54) is 18.6 Å². The first-order valence-corrected chi connectivity index (χ1v) is 7.85. The van der Waals surface area contributed by atoms with Crippen molar-refractivity contribution in [1.29, 1.82) is 0 Å². The SMILES string of the molecule is CC(O)CC1CCCN1CCCOc1ccc([N+](=O)[O-])cc1. The Morgan fingerprint density at radius 1 is 1.45 bits per heavy atom. The van der Waals surface area contributed by atoms with Crippen LogP contribution in [-0.2, 0) is 0 Å². The van der Waals surface area contributed by atoms with Gasteiger partial charge in [0.15, 0.2) is 0 Å². The van der Waals surface area contributed by atoms with E-state index in [0.29, 0.717) is 18.4 Å². The van der Waals surface area contributed by atoms with Gasteiger partial charge in [-0.25, -0.2) is 0 Å². The van der Waals surface area contributed by atoms with Crippen molar-refractivity contribution in [3.63, 3.8) is 0 Å². The van der Waals surface area contributed by atoms with Gasteiger partial charge >= 0.3 is 0 Å². The van der Waals surface area contributed by atoms with E-state index in [1.54, 1.807) is 12.1 Å². The van der Waals surface area contributed by atoms with E-state index < -0.39 is 4.92 Å². The average molecular weight is 308 g/mol. The van der Waals surface area contributed by atoms with Crippen LogP contribution in [0.3, 0.4) is 0 Å². The van der Waals surface area contributed by atoms with Crippen molar-refractivity contribution in [3.8, 4) is 5.75 Å². The number of ether oxygens (including phenoxy) is 1. The molecule has 1 aliphatic heterocycles. The first-order valence-electron chi connectivity index (χ1n) is 7.85. The van der Waals surface area contributed by atoms with Gasteiger partial charge in [-0.15, -0.1) is 0 Å². The quantitative estimate of drug-likeness (QED) is 0.454. The summed E-state index contributed by atoms with van der Waals surface area (Å²) in [7, 11) is 0. The molecule has 1 aliphatic rings. The number of aliphatic hydroxyl groups excluding tert-OH is 1. The summed E-state index contributed by atoms with van der Waals surface area (Å²) in [5.41, 5.74) is 0.0744. The van der Waals surface area contributed by atoms with Crippen LogP contribution in [0.5, 0.6) is 5.75 Å². The highest BCUT2D eigenvalue weighted by molar-refractivity contribution is 5.35. The molecule has 2 unspecified atom stereocenters. The van der Waals surface area contributed by atoms with Crippen LogP contribution in [0.4, 0.5) is 5.69 Å². The van der Waals surface area contributed by atoms with Crippen LogP contribution in [0.25, 0.3) is 0 Å². The maximum Gasteiger partial charge on any atom is 0.269 e. The molecular formula is C16H24N2O4. The van der Waals surface area contributed by atoms with E-state index in [4.69, 9.17) is 4.74 Å². The van der Waals surface area contributed by atoms with Crippen molar-refractivity contribution in [1.82, 2.24) is 4.90 Å². The average Bonchev–Trinajstić information content (AvgIpc) is 2.90. The van der Waals surface area contributed by atoms with Gasteiger partial charge in [-0.1, -0.05) is 0 Å². The largest absolute Gasteiger partial charge is 0.494 e. The molecule has 0 saturated carbocycles. The van der Waals surface area contributed by atoms with Gasteiger partial charge in [0.25, 0.3) is 5.69 Å². The van der Waals surface area contributed by atoms with Crippen molar-refractivity contribution in [2.75, 3.05) is 19.7 Å². The van der Waals surface area contributed by atoms with Crippen LogP contribution in [0.2, 0.25) is 0 Å². The summed E-state index contributed by atoms with van der Waals surface area (Å²) in [4.78, 5) is 12.6. The number of nitro benzene ring substituents is 1. The van der Waals surface area contributed by atoms with Crippen molar-refractivity contribution in [2.24, 2.45) is 0 Å². The normalized spacial score (nSPS) is 20.0. The Kier molecular flexibility index (Phi) is 6.15. The molecule has 1 N–H and O–H groups in total. The summed E-state index contributed by atoms with van der Waals surface area (Å²) < 4.78 is 5.62. The highest BCUT2D eigenvalue weighted by Gasteiger charge is 2.24. The summed E-state index contributed by atoms with van der Waals surface area (Å²) in [5, 5.41) is 20.1. The molecule has 6 heteroatoms. The Balaban J connectivity index is 1.69. The number of hydrogen-bond acceptors (Lipinski definition) is 5. The molecule has 1 aromatic rings. The fourth-order valence-electron chi connectivity index (χ4n) is 2.97. The zero-order valence-corrected chi connectivity index (χ0v) is 13.0. The maximum absolute atomic E-state index is 10.6. The van der Waals surface area contributed by atoms with Gasteiger partial charge < -0.3 is 14.7 Å². The number of rotatable bonds is 8. The zero-order chi connectivity index (χ0) is 15.9. The lowest BCUT2D eigenvalue weighted by atomic mass is 10.1. The molecule has 0 aromatic heterocycles. The molecule has 122 valence electrons. The molecule has 0 aliphatic carbocycles. The van der Waals surface area contributed by atoms with Gasteiger partial charge in [0, 0.05) is 24.7 Å². The van der Waals surface area contributed by atoms with E-state index in [-0.39, 0.29) is 11.8 Å². The van der Waals surface area contributed by atoms with Gasteiger partial charge in [-0.2, -0.15) is 0 Å². The number of nitro groups is 1. The predicted octanol–water partition coefficient (Wildman–Crippen LogP) is 2.60. The maximum atomic E-state index is 10.6. The predicted molar refractivity (Wildman–Crippen MR) is 84.1 cm³/mol. The summed E-state index contributed by atoms with van der Waals surface area (Å²) in [6.45, 7) is 4.49. The molecule has 0 bridgehead atoms.